The number of carbonyl (C=O) groups is 2. The van der Waals surface area contributed by atoms with Crippen molar-refractivity contribution in [2.75, 3.05) is 14.1 Å². The topological polar surface area (TPSA) is 110 Å². The molecule has 166 valence electrons. The standard InChI is InChI=1S/C8H8N2O2.2C8H9NS/c9-7(11)5-3-1-2-4-6(5)8(10)12;2*1-9-8(10)7-5-3-2-4-6-7/h1-4H,(H2,9,11)(H2,10,12);2*2-6H,1H3,(H,9,10). The van der Waals surface area contributed by atoms with Gasteiger partial charge in [-0.15, -0.1) is 0 Å². The van der Waals surface area contributed by atoms with E-state index in [-0.39, 0.29) is 11.1 Å². The number of hydrogen-bond donors (Lipinski definition) is 4. The normalized spacial score (nSPS) is 9.06. The molecule has 6 N–H and O–H groups in total. The molecule has 32 heavy (non-hydrogen) atoms. The molecule has 6 nitrogen and oxygen atoms in total. The van der Waals surface area contributed by atoms with Crippen molar-refractivity contribution in [2.45, 2.75) is 0 Å². The fourth-order valence-corrected chi connectivity index (χ4v) is 2.65. The Bertz CT molecular complexity index is 958. The molecule has 0 aliphatic carbocycles. The van der Waals surface area contributed by atoms with Gasteiger partial charge in [-0.3, -0.25) is 9.59 Å². The maximum absolute atomic E-state index is 10.7. The van der Waals surface area contributed by atoms with Crippen LogP contribution in [0.15, 0.2) is 84.9 Å². The van der Waals surface area contributed by atoms with Gasteiger partial charge < -0.3 is 22.1 Å². The predicted molar refractivity (Wildman–Crippen MR) is 138 cm³/mol. The van der Waals surface area contributed by atoms with Crippen LogP contribution in [0.25, 0.3) is 0 Å². The van der Waals surface area contributed by atoms with Gasteiger partial charge in [-0.1, -0.05) is 97.2 Å². The number of primary amides is 2. The minimum absolute atomic E-state index is 0.157. The number of nitrogens with two attached hydrogens (primary N) is 2. The van der Waals surface area contributed by atoms with Gasteiger partial charge in [-0.05, 0) is 12.1 Å². The molecule has 0 bridgehead atoms. The highest BCUT2D eigenvalue weighted by atomic mass is 32.1. The summed E-state index contributed by atoms with van der Waals surface area (Å²) in [7, 11) is 3.66. The van der Waals surface area contributed by atoms with E-state index in [2.05, 4.69) is 10.6 Å². The highest BCUT2D eigenvalue weighted by Crippen LogP contribution is 2.06. The van der Waals surface area contributed by atoms with Gasteiger partial charge in [-0.2, -0.15) is 0 Å². The molecule has 3 aromatic carbocycles. The Kier molecular flexibility index (Phi) is 11.9. The smallest absolute Gasteiger partial charge is 0.249 e. The van der Waals surface area contributed by atoms with Gasteiger partial charge in [0.2, 0.25) is 11.8 Å². The second-order valence-corrected chi connectivity index (χ2v) is 6.98. The quantitative estimate of drug-likeness (QED) is 0.440. The zero-order valence-corrected chi connectivity index (χ0v) is 19.5. The van der Waals surface area contributed by atoms with Crippen LogP contribution in [0.4, 0.5) is 0 Å². The first-order chi connectivity index (χ1) is 15.3. The summed E-state index contributed by atoms with van der Waals surface area (Å²) in [5.74, 6) is -1.30. The summed E-state index contributed by atoms with van der Waals surface area (Å²) in [6, 6.07) is 25.9. The van der Waals surface area contributed by atoms with E-state index in [1.54, 1.807) is 12.1 Å². The lowest BCUT2D eigenvalue weighted by Crippen LogP contribution is -2.20. The molecule has 8 heteroatoms. The molecule has 0 saturated heterocycles. The fourth-order valence-electron chi connectivity index (χ4n) is 2.38. The molecule has 0 radical (unpaired) electrons. The van der Waals surface area contributed by atoms with E-state index < -0.39 is 11.8 Å². The van der Waals surface area contributed by atoms with Crippen molar-refractivity contribution in [2.24, 2.45) is 11.5 Å². The minimum atomic E-state index is -0.649. The van der Waals surface area contributed by atoms with Crippen LogP contribution in [-0.2, 0) is 0 Å². The predicted octanol–water partition coefficient (Wildman–Crippen LogP) is 3.05. The first-order valence-electron chi connectivity index (χ1n) is 9.54. The molecule has 3 rings (SSSR count). The Hall–Kier alpha value is -3.62. The number of thiocarbonyl (C=S) groups is 2. The van der Waals surface area contributed by atoms with E-state index in [9.17, 15) is 9.59 Å². The maximum Gasteiger partial charge on any atom is 0.249 e. The van der Waals surface area contributed by atoms with Crippen LogP contribution in [0.5, 0.6) is 0 Å². The number of rotatable bonds is 4. The summed E-state index contributed by atoms with van der Waals surface area (Å²) in [6.07, 6.45) is 0. The lowest BCUT2D eigenvalue weighted by atomic mass is 10.1. The number of benzene rings is 3. The van der Waals surface area contributed by atoms with E-state index in [0.717, 1.165) is 21.1 Å². The highest BCUT2D eigenvalue weighted by Gasteiger charge is 2.10. The van der Waals surface area contributed by atoms with Crippen molar-refractivity contribution in [1.82, 2.24) is 10.6 Å². The molecule has 0 spiro atoms. The van der Waals surface area contributed by atoms with Gasteiger partial charge in [0.25, 0.3) is 0 Å². The third-order valence-electron chi connectivity index (χ3n) is 3.98. The third kappa shape index (κ3) is 9.03. The largest absolute Gasteiger partial charge is 0.379 e. The molecule has 0 aliphatic rings. The van der Waals surface area contributed by atoms with Gasteiger partial charge in [0.1, 0.15) is 9.98 Å². The Labute approximate surface area is 199 Å². The molecule has 0 heterocycles. The lowest BCUT2D eigenvalue weighted by molar-refractivity contribution is 0.0967. The van der Waals surface area contributed by atoms with E-state index in [1.807, 2.05) is 74.8 Å². The molecular weight excluding hydrogens is 440 g/mol. The van der Waals surface area contributed by atoms with Gasteiger partial charge in [-0.25, -0.2) is 0 Å². The third-order valence-corrected chi connectivity index (χ3v) is 4.86. The van der Waals surface area contributed by atoms with E-state index >= 15 is 0 Å². The number of nitrogens with one attached hydrogen (secondary N) is 2. The second-order valence-electron chi connectivity index (χ2n) is 6.16. The van der Waals surface area contributed by atoms with Crippen LogP contribution in [0.2, 0.25) is 0 Å². The monoisotopic (exact) mass is 466 g/mol. The number of amides is 2. The van der Waals surface area contributed by atoms with Crippen molar-refractivity contribution in [3.63, 3.8) is 0 Å². The first kappa shape index (κ1) is 26.4. The molecule has 2 amide bonds. The van der Waals surface area contributed by atoms with Crippen LogP contribution >= 0.6 is 24.4 Å². The van der Waals surface area contributed by atoms with Gasteiger partial charge in [0.05, 0.1) is 11.1 Å². The highest BCUT2D eigenvalue weighted by molar-refractivity contribution is 7.81. The Morgan fingerprint density at radius 2 is 0.875 bits per heavy atom. The molecule has 0 aliphatic heterocycles. The summed E-state index contributed by atoms with van der Waals surface area (Å²) < 4.78 is 0. The van der Waals surface area contributed by atoms with Crippen molar-refractivity contribution in [3.05, 3.63) is 107 Å². The van der Waals surface area contributed by atoms with E-state index in [0.29, 0.717) is 0 Å². The van der Waals surface area contributed by atoms with E-state index in [1.165, 1.54) is 12.1 Å². The summed E-state index contributed by atoms with van der Waals surface area (Å²) in [4.78, 5) is 23.1. The maximum atomic E-state index is 10.7. The number of hydrogen-bond acceptors (Lipinski definition) is 4. The first-order valence-corrected chi connectivity index (χ1v) is 10.4. The van der Waals surface area contributed by atoms with Crippen molar-refractivity contribution in [3.8, 4) is 0 Å². The van der Waals surface area contributed by atoms with Crippen LogP contribution in [0.1, 0.15) is 31.8 Å². The van der Waals surface area contributed by atoms with Crippen molar-refractivity contribution in [1.29, 1.82) is 0 Å². The number of carbonyl (C=O) groups excluding carboxylic acids is 2. The average Bonchev–Trinajstić information content (AvgIpc) is 2.84. The van der Waals surface area contributed by atoms with Gasteiger partial charge >= 0.3 is 0 Å². The molecule has 0 aromatic heterocycles. The fraction of sp³-hybridized carbons (Fsp3) is 0.0833. The minimum Gasteiger partial charge on any atom is -0.379 e. The molecular formula is C24H26N4O2S2. The molecule has 3 aromatic rings. The molecule has 0 atom stereocenters. The van der Waals surface area contributed by atoms with Crippen molar-refractivity contribution >= 4 is 46.2 Å². The van der Waals surface area contributed by atoms with Crippen LogP contribution < -0.4 is 22.1 Å². The van der Waals surface area contributed by atoms with Crippen LogP contribution in [-0.4, -0.2) is 35.9 Å². The summed E-state index contributed by atoms with van der Waals surface area (Å²) in [5.41, 5.74) is 12.5. The summed E-state index contributed by atoms with van der Waals surface area (Å²) >= 11 is 10.0. The van der Waals surface area contributed by atoms with E-state index in [4.69, 9.17) is 35.9 Å². The van der Waals surface area contributed by atoms with Crippen LogP contribution in [0.3, 0.4) is 0 Å². The Balaban J connectivity index is 0.000000241. The van der Waals surface area contributed by atoms with Crippen molar-refractivity contribution < 1.29 is 9.59 Å². The molecule has 0 fully saturated rings. The van der Waals surface area contributed by atoms with Gasteiger partial charge in [0.15, 0.2) is 0 Å². The summed E-state index contributed by atoms with van der Waals surface area (Å²) in [6.45, 7) is 0. The SMILES string of the molecule is CNC(=S)c1ccccc1.CNC(=S)c1ccccc1.NC(=O)c1ccccc1C(N)=O. The zero-order chi connectivity index (χ0) is 23.9. The average molecular weight is 467 g/mol. The Morgan fingerprint density at radius 1 is 0.594 bits per heavy atom. The summed E-state index contributed by atoms with van der Waals surface area (Å²) in [5, 5.41) is 5.83. The lowest BCUT2D eigenvalue weighted by Gasteiger charge is -2.00. The molecule has 0 unspecified atom stereocenters. The second kappa shape index (κ2) is 14.4. The molecule has 0 saturated carbocycles. The Morgan fingerprint density at radius 3 is 1.12 bits per heavy atom. The van der Waals surface area contributed by atoms with Gasteiger partial charge in [0, 0.05) is 25.2 Å². The van der Waals surface area contributed by atoms with Crippen LogP contribution in [0, 0.1) is 0 Å². The zero-order valence-electron chi connectivity index (χ0n) is 17.9.